The molecule has 7 heteroatoms. The number of hydrogen-bond donors (Lipinski definition) is 1. The molecule has 0 aromatic heterocycles. The SMILES string of the molecule is COc1ccc(CC(=O)N(Cc2ccc(Cl)c(Cl)c2)[C@@H](Cc2ccccc2)C(=O)NC(C)C)cc1. The summed E-state index contributed by atoms with van der Waals surface area (Å²) in [6.07, 6.45) is 0.528. The summed E-state index contributed by atoms with van der Waals surface area (Å²) >= 11 is 12.4. The van der Waals surface area contributed by atoms with Crippen molar-refractivity contribution in [1.82, 2.24) is 10.2 Å². The molecule has 0 unspecified atom stereocenters. The molecule has 0 saturated carbocycles. The standard InChI is InChI=1S/C28H30Cl2N2O3/c1-19(2)31-28(34)26(16-20-7-5-4-6-8-20)32(18-22-11-14-24(29)25(30)15-22)27(33)17-21-9-12-23(35-3)13-10-21/h4-15,19,26H,16-18H2,1-3H3,(H,31,34)/t26-/m0/s1. The lowest BCUT2D eigenvalue weighted by Gasteiger charge is -2.32. The highest BCUT2D eigenvalue weighted by atomic mass is 35.5. The highest BCUT2D eigenvalue weighted by molar-refractivity contribution is 6.42. The van der Waals surface area contributed by atoms with E-state index in [0.717, 1.165) is 16.7 Å². The summed E-state index contributed by atoms with van der Waals surface area (Å²) < 4.78 is 5.22. The highest BCUT2D eigenvalue weighted by Gasteiger charge is 2.30. The zero-order valence-corrected chi connectivity index (χ0v) is 21.6. The van der Waals surface area contributed by atoms with Crippen molar-refractivity contribution in [3.8, 4) is 5.75 Å². The third-order valence-corrected chi connectivity index (χ3v) is 6.29. The number of carbonyl (C=O) groups is 2. The topological polar surface area (TPSA) is 58.6 Å². The molecule has 0 bridgehead atoms. The van der Waals surface area contributed by atoms with Crippen molar-refractivity contribution in [2.45, 2.75) is 45.3 Å². The molecule has 0 heterocycles. The van der Waals surface area contributed by atoms with E-state index in [4.69, 9.17) is 27.9 Å². The van der Waals surface area contributed by atoms with E-state index >= 15 is 0 Å². The first-order chi connectivity index (χ1) is 16.8. The van der Waals surface area contributed by atoms with Crippen molar-refractivity contribution in [2.24, 2.45) is 0 Å². The Morgan fingerprint density at radius 3 is 2.14 bits per heavy atom. The molecule has 0 saturated heterocycles. The molecule has 0 aliphatic heterocycles. The summed E-state index contributed by atoms with van der Waals surface area (Å²) in [5.41, 5.74) is 2.59. The van der Waals surface area contributed by atoms with Crippen LogP contribution in [0.2, 0.25) is 10.0 Å². The molecule has 1 N–H and O–H groups in total. The molecular formula is C28H30Cl2N2O3. The zero-order valence-electron chi connectivity index (χ0n) is 20.1. The second-order valence-electron chi connectivity index (χ2n) is 8.66. The fourth-order valence-electron chi connectivity index (χ4n) is 3.79. The molecule has 0 aliphatic carbocycles. The van der Waals surface area contributed by atoms with Gasteiger partial charge in [0, 0.05) is 19.0 Å². The second-order valence-corrected chi connectivity index (χ2v) is 9.48. The number of nitrogens with one attached hydrogen (secondary N) is 1. The summed E-state index contributed by atoms with van der Waals surface area (Å²) in [5.74, 6) is 0.347. The Hall–Kier alpha value is -3.02. The van der Waals surface area contributed by atoms with Crippen molar-refractivity contribution in [3.63, 3.8) is 0 Å². The van der Waals surface area contributed by atoms with Crippen LogP contribution in [-0.4, -0.2) is 35.9 Å². The Balaban J connectivity index is 1.97. The molecule has 0 spiro atoms. The minimum Gasteiger partial charge on any atom is -0.497 e. The Bertz CT molecular complexity index is 1130. The van der Waals surface area contributed by atoms with E-state index in [1.807, 2.05) is 74.5 Å². The summed E-state index contributed by atoms with van der Waals surface area (Å²) in [5, 5.41) is 3.82. The van der Waals surface area contributed by atoms with Gasteiger partial charge in [-0.2, -0.15) is 0 Å². The van der Waals surface area contributed by atoms with E-state index in [2.05, 4.69) is 5.32 Å². The fraction of sp³-hybridized carbons (Fsp3) is 0.286. The Morgan fingerprint density at radius 1 is 0.886 bits per heavy atom. The van der Waals surface area contributed by atoms with Gasteiger partial charge in [-0.15, -0.1) is 0 Å². The zero-order chi connectivity index (χ0) is 25.4. The van der Waals surface area contributed by atoms with Gasteiger partial charge in [-0.05, 0) is 54.8 Å². The Labute approximate surface area is 217 Å². The third kappa shape index (κ3) is 7.74. The van der Waals surface area contributed by atoms with E-state index in [-0.39, 0.29) is 30.8 Å². The number of rotatable bonds is 10. The van der Waals surface area contributed by atoms with Gasteiger partial charge in [0.15, 0.2) is 0 Å². The summed E-state index contributed by atoms with van der Waals surface area (Å²) in [6.45, 7) is 4.02. The largest absolute Gasteiger partial charge is 0.497 e. The number of methoxy groups -OCH3 is 1. The quantitative estimate of drug-likeness (QED) is 0.378. The Morgan fingerprint density at radius 2 is 1.54 bits per heavy atom. The first-order valence-electron chi connectivity index (χ1n) is 11.5. The maximum Gasteiger partial charge on any atom is 0.243 e. The van der Waals surface area contributed by atoms with Crippen LogP contribution >= 0.6 is 23.2 Å². The normalized spacial score (nSPS) is 11.7. The van der Waals surface area contributed by atoms with Gasteiger partial charge in [-0.1, -0.05) is 71.7 Å². The van der Waals surface area contributed by atoms with E-state index in [0.29, 0.717) is 22.2 Å². The lowest BCUT2D eigenvalue weighted by molar-refractivity contribution is -0.141. The molecule has 184 valence electrons. The van der Waals surface area contributed by atoms with Crippen molar-refractivity contribution in [3.05, 3.63) is 99.5 Å². The van der Waals surface area contributed by atoms with Gasteiger partial charge in [0.1, 0.15) is 11.8 Å². The van der Waals surface area contributed by atoms with Gasteiger partial charge in [-0.25, -0.2) is 0 Å². The molecule has 2 amide bonds. The average Bonchev–Trinajstić information content (AvgIpc) is 2.84. The minimum absolute atomic E-state index is 0.0655. The summed E-state index contributed by atoms with van der Waals surface area (Å²) in [6, 6.07) is 21.5. The number of benzene rings is 3. The lowest BCUT2D eigenvalue weighted by atomic mass is 10.0. The third-order valence-electron chi connectivity index (χ3n) is 5.55. The maximum atomic E-state index is 13.7. The van der Waals surface area contributed by atoms with E-state index in [9.17, 15) is 9.59 Å². The smallest absolute Gasteiger partial charge is 0.243 e. The monoisotopic (exact) mass is 512 g/mol. The Kier molecular flexibility index (Phi) is 9.58. The first-order valence-corrected chi connectivity index (χ1v) is 12.2. The van der Waals surface area contributed by atoms with Crippen molar-refractivity contribution >= 4 is 35.0 Å². The highest BCUT2D eigenvalue weighted by Crippen LogP contribution is 2.25. The number of hydrogen-bond acceptors (Lipinski definition) is 3. The van der Waals surface area contributed by atoms with E-state index in [1.165, 1.54) is 0 Å². The van der Waals surface area contributed by atoms with Crippen LogP contribution in [0.3, 0.4) is 0 Å². The van der Waals surface area contributed by atoms with Gasteiger partial charge in [-0.3, -0.25) is 9.59 Å². The summed E-state index contributed by atoms with van der Waals surface area (Å²) in [7, 11) is 1.60. The molecule has 1 atom stereocenters. The number of nitrogens with zero attached hydrogens (tertiary/aromatic N) is 1. The maximum absolute atomic E-state index is 13.7. The van der Waals surface area contributed by atoms with Crippen LogP contribution in [-0.2, 0) is 29.0 Å². The van der Waals surface area contributed by atoms with E-state index in [1.54, 1.807) is 24.1 Å². The van der Waals surface area contributed by atoms with Crippen LogP contribution in [0.15, 0.2) is 72.8 Å². The molecule has 0 aliphatic rings. The van der Waals surface area contributed by atoms with Crippen molar-refractivity contribution in [2.75, 3.05) is 7.11 Å². The molecule has 35 heavy (non-hydrogen) atoms. The van der Waals surface area contributed by atoms with Gasteiger partial charge in [0.05, 0.1) is 23.6 Å². The van der Waals surface area contributed by atoms with Crippen LogP contribution < -0.4 is 10.1 Å². The van der Waals surface area contributed by atoms with Crippen molar-refractivity contribution < 1.29 is 14.3 Å². The second kappa shape index (κ2) is 12.6. The van der Waals surface area contributed by atoms with Gasteiger partial charge < -0.3 is 15.0 Å². The van der Waals surface area contributed by atoms with Crippen LogP contribution in [0.5, 0.6) is 5.75 Å². The number of amides is 2. The first kappa shape index (κ1) is 26.6. The molecule has 3 aromatic carbocycles. The molecule has 3 rings (SSSR count). The van der Waals surface area contributed by atoms with Crippen molar-refractivity contribution in [1.29, 1.82) is 0 Å². The number of ether oxygens (including phenoxy) is 1. The van der Waals surface area contributed by atoms with Gasteiger partial charge >= 0.3 is 0 Å². The number of carbonyl (C=O) groups excluding carboxylic acids is 2. The predicted octanol–water partition coefficient (Wildman–Crippen LogP) is 5.71. The molecule has 3 aromatic rings. The van der Waals surface area contributed by atoms with Crippen LogP contribution in [0.25, 0.3) is 0 Å². The van der Waals surface area contributed by atoms with Crippen LogP contribution in [0.4, 0.5) is 0 Å². The van der Waals surface area contributed by atoms with E-state index < -0.39 is 6.04 Å². The number of halogens is 2. The average molecular weight is 513 g/mol. The molecule has 0 fully saturated rings. The fourth-order valence-corrected chi connectivity index (χ4v) is 4.11. The predicted molar refractivity (Wildman–Crippen MR) is 141 cm³/mol. The lowest BCUT2D eigenvalue weighted by Crippen LogP contribution is -2.52. The summed E-state index contributed by atoms with van der Waals surface area (Å²) in [4.78, 5) is 28.7. The molecular weight excluding hydrogens is 483 g/mol. The van der Waals surface area contributed by atoms with Gasteiger partial charge in [0.25, 0.3) is 0 Å². The van der Waals surface area contributed by atoms with Crippen LogP contribution in [0, 0.1) is 0 Å². The molecule has 0 radical (unpaired) electrons. The molecule has 5 nitrogen and oxygen atoms in total. The van der Waals surface area contributed by atoms with Gasteiger partial charge in [0.2, 0.25) is 11.8 Å². The van der Waals surface area contributed by atoms with Crippen LogP contribution in [0.1, 0.15) is 30.5 Å². The minimum atomic E-state index is -0.708.